The van der Waals surface area contributed by atoms with Gasteiger partial charge in [0.15, 0.2) is 11.5 Å². The van der Waals surface area contributed by atoms with Gasteiger partial charge in [0.25, 0.3) is 0 Å². The van der Waals surface area contributed by atoms with Crippen molar-refractivity contribution in [2.24, 2.45) is 0 Å². The van der Waals surface area contributed by atoms with Gasteiger partial charge in [-0.2, -0.15) is 0 Å². The molecule has 0 aliphatic carbocycles. The number of benzene rings is 1. The van der Waals surface area contributed by atoms with Crippen molar-refractivity contribution < 1.29 is 52.2 Å². The van der Waals surface area contributed by atoms with E-state index in [2.05, 4.69) is 28.1 Å². The molecule has 0 atom stereocenters. The molecule has 1 aromatic carbocycles. The van der Waals surface area contributed by atoms with Gasteiger partial charge in [-0.3, -0.25) is 4.79 Å². The maximum Gasteiger partial charge on any atom is 0.310 e. The van der Waals surface area contributed by atoms with Gasteiger partial charge in [0, 0.05) is 6.42 Å². The number of carbonyl (C=O) groups is 1. The molecule has 0 spiro atoms. The Morgan fingerprint density at radius 2 is 1.55 bits per heavy atom. The zero-order valence-corrected chi connectivity index (χ0v) is 21.0. The van der Waals surface area contributed by atoms with Gasteiger partial charge in [-0.15, -0.1) is 0 Å². The topological polar surface area (TPSA) is 54.0 Å². The molecule has 0 aromatic heterocycles. The summed E-state index contributed by atoms with van der Waals surface area (Å²) in [5.41, 5.74) is 0.781. The van der Waals surface area contributed by atoms with E-state index in [1.165, 1.54) is 12.8 Å². The average molecular weight is 523 g/mol. The Hall–Kier alpha value is -1.22. The number of esters is 1. The van der Waals surface area contributed by atoms with Crippen LogP contribution in [0.25, 0.3) is 0 Å². The third-order valence-corrected chi connectivity index (χ3v) is 4.35. The molecule has 0 N–H and O–H groups in total. The molecule has 0 amide bonds. The molecule has 168 valence electrons. The Labute approximate surface area is 193 Å². The number of quaternary nitrogens is 1. The monoisotopic (exact) mass is 523 g/mol. The highest BCUT2D eigenvalue weighted by Crippen LogP contribution is 2.39. The normalized spacial score (nSPS) is 10.8. The number of unbranched alkanes of at least 4 members (excludes halogenated alkanes) is 3. The fraction of sp³-hybridized carbons (Fsp3) is 0.682. The number of carbonyl (C=O) groups excluding carboxylic acids is 1. The molecule has 6 nitrogen and oxygen atoms in total. The second kappa shape index (κ2) is 14.7. The largest absolute Gasteiger partial charge is 1.00 e. The van der Waals surface area contributed by atoms with E-state index in [0.717, 1.165) is 35.9 Å². The molecule has 0 radical (unpaired) electrons. The molecular formula is C22H38INO5. The van der Waals surface area contributed by atoms with Crippen molar-refractivity contribution in [3.05, 3.63) is 17.7 Å². The van der Waals surface area contributed by atoms with E-state index in [-0.39, 0.29) is 36.4 Å². The number of hydrogen-bond donors (Lipinski definition) is 0. The Morgan fingerprint density at radius 1 is 0.931 bits per heavy atom. The highest BCUT2D eigenvalue weighted by Gasteiger charge is 2.16. The van der Waals surface area contributed by atoms with E-state index in [1.807, 2.05) is 12.1 Å². The zero-order chi connectivity index (χ0) is 21.0. The van der Waals surface area contributed by atoms with Crippen molar-refractivity contribution in [3.63, 3.8) is 0 Å². The second-order valence-electron chi connectivity index (χ2n) is 8.00. The predicted octanol–water partition coefficient (Wildman–Crippen LogP) is 0.849. The summed E-state index contributed by atoms with van der Waals surface area (Å²) < 4.78 is 23.0. The van der Waals surface area contributed by atoms with Crippen molar-refractivity contribution in [1.82, 2.24) is 0 Å². The van der Waals surface area contributed by atoms with E-state index in [4.69, 9.17) is 18.9 Å². The average Bonchev–Trinajstić information content (AvgIpc) is 2.64. The smallest absolute Gasteiger partial charge is 0.310 e. The SMILES string of the molecule is CCCCCCOc1c(OC)cc(CC(=O)OCCC[N+](C)(C)C)cc1OC.[I-]. The van der Waals surface area contributed by atoms with Gasteiger partial charge in [-0.25, -0.2) is 0 Å². The molecular weight excluding hydrogens is 485 g/mol. The lowest BCUT2D eigenvalue weighted by molar-refractivity contribution is -0.870. The number of halogens is 1. The summed E-state index contributed by atoms with van der Waals surface area (Å²) in [6.07, 6.45) is 5.53. The minimum absolute atomic E-state index is 0. The van der Waals surface area contributed by atoms with Crippen molar-refractivity contribution in [2.75, 3.05) is 55.1 Å². The maximum absolute atomic E-state index is 12.2. The number of methoxy groups -OCH3 is 2. The van der Waals surface area contributed by atoms with Gasteiger partial charge in [0.1, 0.15) is 0 Å². The minimum atomic E-state index is -0.251. The van der Waals surface area contributed by atoms with Gasteiger partial charge >= 0.3 is 5.97 Å². The van der Waals surface area contributed by atoms with Gasteiger partial charge in [0.2, 0.25) is 5.75 Å². The van der Waals surface area contributed by atoms with Crippen LogP contribution in [0.1, 0.15) is 44.6 Å². The van der Waals surface area contributed by atoms with Crippen molar-refractivity contribution in [2.45, 2.75) is 45.4 Å². The van der Waals surface area contributed by atoms with Crippen LogP contribution >= 0.6 is 0 Å². The Morgan fingerprint density at radius 3 is 2.07 bits per heavy atom. The van der Waals surface area contributed by atoms with Crippen LogP contribution in [0.2, 0.25) is 0 Å². The molecule has 0 saturated heterocycles. The molecule has 0 aliphatic rings. The number of ether oxygens (including phenoxy) is 4. The second-order valence-corrected chi connectivity index (χ2v) is 8.00. The fourth-order valence-electron chi connectivity index (χ4n) is 2.82. The molecule has 0 fully saturated rings. The van der Waals surface area contributed by atoms with Crippen LogP contribution in [0, 0.1) is 0 Å². The Balaban J connectivity index is 0.00000784. The Kier molecular flexibility index (Phi) is 14.1. The van der Waals surface area contributed by atoms with Crippen LogP contribution in [0.5, 0.6) is 17.2 Å². The summed E-state index contributed by atoms with van der Waals surface area (Å²) in [4.78, 5) is 12.2. The molecule has 7 heteroatoms. The van der Waals surface area contributed by atoms with E-state index in [0.29, 0.717) is 30.5 Å². The molecule has 1 aromatic rings. The molecule has 29 heavy (non-hydrogen) atoms. The summed E-state index contributed by atoms with van der Waals surface area (Å²) in [6.45, 7) is 4.18. The Bertz CT molecular complexity index is 576. The molecule has 0 bridgehead atoms. The maximum atomic E-state index is 12.2. The first-order chi connectivity index (χ1) is 13.3. The standard InChI is InChI=1S/C22H38NO5.HI/c1-7-8-9-10-13-28-22-19(25-5)15-18(16-20(22)26-6)17-21(24)27-14-11-12-23(2,3)4;/h15-16H,7-14,17H2,1-6H3;1H/q+1;/p-1. The quantitative estimate of drug-likeness (QED) is 0.157. The third-order valence-electron chi connectivity index (χ3n) is 4.35. The lowest BCUT2D eigenvalue weighted by atomic mass is 10.1. The fourth-order valence-corrected chi connectivity index (χ4v) is 2.82. The summed E-state index contributed by atoms with van der Waals surface area (Å²) >= 11 is 0. The van der Waals surface area contributed by atoms with Crippen LogP contribution < -0.4 is 38.2 Å². The predicted molar refractivity (Wildman–Crippen MR) is 111 cm³/mol. The zero-order valence-electron chi connectivity index (χ0n) is 18.9. The molecule has 0 unspecified atom stereocenters. The van der Waals surface area contributed by atoms with Crippen molar-refractivity contribution in [1.29, 1.82) is 0 Å². The summed E-state index contributed by atoms with van der Waals surface area (Å²) in [5.74, 6) is 1.48. The van der Waals surface area contributed by atoms with Crippen molar-refractivity contribution >= 4 is 5.97 Å². The highest BCUT2D eigenvalue weighted by molar-refractivity contribution is 5.73. The minimum Gasteiger partial charge on any atom is -1.00 e. The summed E-state index contributed by atoms with van der Waals surface area (Å²) in [5, 5.41) is 0. The van der Waals surface area contributed by atoms with Gasteiger partial charge in [-0.1, -0.05) is 26.2 Å². The van der Waals surface area contributed by atoms with Crippen molar-refractivity contribution in [3.8, 4) is 17.2 Å². The third kappa shape index (κ3) is 11.5. The molecule has 0 heterocycles. The van der Waals surface area contributed by atoms with Crippen LogP contribution in [0.15, 0.2) is 12.1 Å². The van der Waals surface area contributed by atoms with Gasteiger partial charge in [0.05, 0.1) is 61.5 Å². The number of nitrogens with zero attached hydrogens (tertiary/aromatic N) is 1. The van der Waals surface area contributed by atoms with Gasteiger partial charge in [-0.05, 0) is 24.1 Å². The lowest BCUT2D eigenvalue weighted by Gasteiger charge is -2.23. The van der Waals surface area contributed by atoms with Crippen LogP contribution in [-0.4, -0.2) is 65.6 Å². The summed E-state index contributed by atoms with van der Waals surface area (Å²) in [7, 11) is 9.53. The first-order valence-corrected chi connectivity index (χ1v) is 10.1. The number of rotatable bonds is 14. The van der Waals surface area contributed by atoms with Crippen LogP contribution in [0.3, 0.4) is 0 Å². The number of hydrogen-bond acceptors (Lipinski definition) is 5. The molecule has 0 saturated carbocycles. The highest BCUT2D eigenvalue weighted by atomic mass is 127. The van der Waals surface area contributed by atoms with Gasteiger partial charge < -0.3 is 47.4 Å². The van der Waals surface area contributed by atoms with Crippen LogP contribution in [-0.2, 0) is 16.0 Å². The van der Waals surface area contributed by atoms with E-state index >= 15 is 0 Å². The molecule has 0 aliphatic heterocycles. The first kappa shape index (κ1) is 27.8. The summed E-state index contributed by atoms with van der Waals surface area (Å²) in [6, 6.07) is 3.63. The van der Waals surface area contributed by atoms with E-state index in [9.17, 15) is 4.79 Å². The lowest BCUT2D eigenvalue weighted by Crippen LogP contribution is -3.00. The van der Waals surface area contributed by atoms with E-state index < -0.39 is 0 Å². The first-order valence-electron chi connectivity index (χ1n) is 10.1. The molecule has 1 rings (SSSR count). The van der Waals surface area contributed by atoms with E-state index in [1.54, 1.807) is 14.2 Å². The van der Waals surface area contributed by atoms with Crippen LogP contribution in [0.4, 0.5) is 0 Å².